The lowest BCUT2D eigenvalue weighted by Crippen LogP contribution is -2.14. The quantitative estimate of drug-likeness (QED) is 0.419. The van der Waals surface area contributed by atoms with Gasteiger partial charge in [-0.3, -0.25) is 4.79 Å². The molecular formula is C21H20BrClN2O3. The molecule has 5 nitrogen and oxygen atoms in total. The Hall–Kier alpha value is -2.49. The monoisotopic (exact) mass is 462 g/mol. The molecule has 0 aliphatic rings. The van der Waals surface area contributed by atoms with E-state index in [-0.39, 0.29) is 5.57 Å². The number of carbonyl (C=O) groups excluding carboxylic acids is 1. The fourth-order valence-electron chi connectivity index (χ4n) is 2.42. The van der Waals surface area contributed by atoms with Crippen LogP contribution in [-0.2, 0) is 4.79 Å². The van der Waals surface area contributed by atoms with E-state index in [1.165, 1.54) is 6.08 Å². The molecule has 0 aliphatic heterocycles. The first kappa shape index (κ1) is 21.8. The van der Waals surface area contributed by atoms with Gasteiger partial charge in [0, 0.05) is 15.2 Å². The molecule has 0 aliphatic carbocycles. The van der Waals surface area contributed by atoms with Crippen LogP contribution in [0, 0.1) is 18.3 Å². The van der Waals surface area contributed by atoms with E-state index in [4.69, 9.17) is 21.1 Å². The van der Waals surface area contributed by atoms with Crippen LogP contribution in [0.1, 0.15) is 25.0 Å². The molecule has 0 unspecified atom stereocenters. The average Bonchev–Trinajstić information content (AvgIpc) is 2.66. The minimum atomic E-state index is -0.522. The second-order valence-electron chi connectivity index (χ2n) is 5.77. The fraction of sp³-hybridized carbons (Fsp3) is 0.238. The molecule has 0 saturated heterocycles. The number of anilines is 1. The van der Waals surface area contributed by atoms with Gasteiger partial charge in [0.1, 0.15) is 11.6 Å². The number of amides is 1. The number of hydrogen-bond acceptors (Lipinski definition) is 4. The first-order valence-electron chi connectivity index (χ1n) is 8.68. The number of aryl methyl sites for hydroxylation is 1. The Morgan fingerprint density at radius 3 is 2.46 bits per heavy atom. The van der Waals surface area contributed by atoms with Gasteiger partial charge >= 0.3 is 0 Å². The summed E-state index contributed by atoms with van der Waals surface area (Å²) in [6.07, 6.45) is 1.50. The summed E-state index contributed by atoms with van der Waals surface area (Å²) in [6.45, 7) is 6.55. The number of nitriles is 1. The molecule has 2 rings (SSSR count). The van der Waals surface area contributed by atoms with Crippen molar-refractivity contribution in [3.63, 3.8) is 0 Å². The zero-order chi connectivity index (χ0) is 20.7. The minimum absolute atomic E-state index is 0.0494. The van der Waals surface area contributed by atoms with Gasteiger partial charge in [-0.15, -0.1) is 0 Å². The SMILES string of the molecule is CCOc1cc(Br)c(/C=C(\C#N)C(=O)Nc2cc(Cl)ccc2C)cc1OCC. The van der Waals surface area contributed by atoms with Crippen molar-refractivity contribution >= 4 is 45.2 Å². The molecule has 2 aromatic carbocycles. The van der Waals surface area contributed by atoms with Crippen LogP contribution in [0.4, 0.5) is 5.69 Å². The van der Waals surface area contributed by atoms with E-state index < -0.39 is 5.91 Å². The lowest BCUT2D eigenvalue weighted by molar-refractivity contribution is -0.112. The zero-order valence-corrected chi connectivity index (χ0v) is 18.1. The van der Waals surface area contributed by atoms with Gasteiger partial charge in [0.05, 0.1) is 13.2 Å². The van der Waals surface area contributed by atoms with Gasteiger partial charge in [0.2, 0.25) is 0 Å². The summed E-state index contributed by atoms with van der Waals surface area (Å²) in [6, 6.07) is 10.6. The van der Waals surface area contributed by atoms with Crippen molar-refractivity contribution in [2.24, 2.45) is 0 Å². The van der Waals surface area contributed by atoms with Crippen molar-refractivity contribution < 1.29 is 14.3 Å². The number of hydrogen-bond donors (Lipinski definition) is 1. The highest BCUT2D eigenvalue weighted by molar-refractivity contribution is 9.10. The van der Waals surface area contributed by atoms with Crippen LogP contribution in [-0.4, -0.2) is 19.1 Å². The minimum Gasteiger partial charge on any atom is -0.490 e. The molecule has 0 fully saturated rings. The van der Waals surface area contributed by atoms with Gasteiger partial charge in [-0.05, 0) is 62.2 Å². The number of benzene rings is 2. The van der Waals surface area contributed by atoms with Gasteiger partial charge < -0.3 is 14.8 Å². The molecule has 0 spiro atoms. The zero-order valence-electron chi connectivity index (χ0n) is 15.8. The average molecular weight is 464 g/mol. The number of carbonyl (C=O) groups is 1. The lowest BCUT2D eigenvalue weighted by Gasteiger charge is -2.13. The summed E-state index contributed by atoms with van der Waals surface area (Å²) in [5.41, 5.74) is 1.98. The third kappa shape index (κ3) is 5.51. The van der Waals surface area contributed by atoms with Crippen LogP contribution in [0.25, 0.3) is 6.08 Å². The summed E-state index contributed by atoms with van der Waals surface area (Å²) in [5, 5.41) is 12.7. The number of halogens is 2. The third-order valence-corrected chi connectivity index (χ3v) is 4.70. The van der Waals surface area contributed by atoms with E-state index in [1.807, 2.05) is 26.8 Å². The maximum absolute atomic E-state index is 12.6. The Labute approximate surface area is 178 Å². The molecule has 28 heavy (non-hydrogen) atoms. The molecule has 1 N–H and O–H groups in total. The molecule has 0 heterocycles. The van der Waals surface area contributed by atoms with E-state index in [0.29, 0.717) is 45.5 Å². The van der Waals surface area contributed by atoms with E-state index >= 15 is 0 Å². The first-order chi connectivity index (χ1) is 13.4. The Balaban J connectivity index is 2.37. The van der Waals surface area contributed by atoms with Crippen LogP contribution in [0.15, 0.2) is 40.4 Å². The van der Waals surface area contributed by atoms with Crippen molar-refractivity contribution in [2.45, 2.75) is 20.8 Å². The van der Waals surface area contributed by atoms with E-state index in [1.54, 1.807) is 30.3 Å². The molecule has 146 valence electrons. The smallest absolute Gasteiger partial charge is 0.266 e. The number of rotatable bonds is 7. The highest BCUT2D eigenvalue weighted by Crippen LogP contribution is 2.35. The highest BCUT2D eigenvalue weighted by atomic mass is 79.9. The highest BCUT2D eigenvalue weighted by Gasteiger charge is 2.14. The first-order valence-corrected chi connectivity index (χ1v) is 9.85. The number of nitrogens with zero attached hydrogens (tertiary/aromatic N) is 1. The molecule has 0 radical (unpaired) electrons. The normalized spacial score (nSPS) is 10.9. The Morgan fingerprint density at radius 1 is 1.21 bits per heavy atom. The molecule has 0 aromatic heterocycles. The molecule has 0 bridgehead atoms. The second kappa shape index (κ2) is 10.2. The maximum atomic E-state index is 12.6. The van der Waals surface area contributed by atoms with Crippen LogP contribution in [0.2, 0.25) is 5.02 Å². The van der Waals surface area contributed by atoms with Gasteiger partial charge in [0.25, 0.3) is 5.91 Å². The lowest BCUT2D eigenvalue weighted by atomic mass is 10.1. The molecular weight excluding hydrogens is 444 g/mol. The number of ether oxygens (including phenoxy) is 2. The van der Waals surface area contributed by atoms with Crippen LogP contribution in [0.5, 0.6) is 11.5 Å². The van der Waals surface area contributed by atoms with E-state index in [9.17, 15) is 10.1 Å². The Kier molecular flexibility index (Phi) is 7.91. The molecule has 0 atom stereocenters. The summed E-state index contributed by atoms with van der Waals surface area (Å²) in [4.78, 5) is 12.6. The summed E-state index contributed by atoms with van der Waals surface area (Å²) in [7, 11) is 0. The van der Waals surface area contributed by atoms with Crippen molar-refractivity contribution in [1.29, 1.82) is 5.26 Å². The number of nitrogens with one attached hydrogen (secondary N) is 1. The summed E-state index contributed by atoms with van der Waals surface area (Å²) >= 11 is 9.45. The van der Waals surface area contributed by atoms with Crippen molar-refractivity contribution in [3.8, 4) is 17.6 Å². The Morgan fingerprint density at radius 2 is 1.86 bits per heavy atom. The van der Waals surface area contributed by atoms with E-state index in [2.05, 4.69) is 21.2 Å². The molecule has 2 aromatic rings. The van der Waals surface area contributed by atoms with Crippen molar-refractivity contribution in [1.82, 2.24) is 0 Å². The van der Waals surface area contributed by atoms with E-state index in [0.717, 1.165) is 5.56 Å². The third-order valence-electron chi connectivity index (χ3n) is 3.78. The predicted molar refractivity (Wildman–Crippen MR) is 115 cm³/mol. The molecule has 0 saturated carbocycles. The second-order valence-corrected chi connectivity index (χ2v) is 7.06. The maximum Gasteiger partial charge on any atom is 0.266 e. The van der Waals surface area contributed by atoms with Gasteiger partial charge in [-0.2, -0.15) is 5.26 Å². The Bertz CT molecular complexity index is 951. The summed E-state index contributed by atoms with van der Waals surface area (Å²) < 4.78 is 11.9. The molecule has 1 amide bonds. The largest absolute Gasteiger partial charge is 0.490 e. The fourth-order valence-corrected chi connectivity index (χ4v) is 3.03. The van der Waals surface area contributed by atoms with Gasteiger partial charge in [-0.1, -0.05) is 33.6 Å². The van der Waals surface area contributed by atoms with Gasteiger partial charge in [0.15, 0.2) is 11.5 Å². The predicted octanol–water partition coefficient (Wildman–Crippen LogP) is 5.75. The topological polar surface area (TPSA) is 71.3 Å². The van der Waals surface area contributed by atoms with Crippen molar-refractivity contribution in [3.05, 3.63) is 56.5 Å². The van der Waals surface area contributed by atoms with Crippen LogP contribution >= 0.6 is 27.5 Å². The molecule has 7 heteroatoms. The summed E-state index contributed by atoms with van der Waals surface area (Å²) in [5.74, 6) is 0.611. The standard InChI is InChI=1S/C21H20BrClN2O3/c1-4-27-19-9-14(17(22)11-20(19)28-5-2)8-15(12-24)21(26)25-18-10-16(23)7-6-13(18)3/h6-11H,4-5H2,1-3H3,(H,25,26)/b15-8+. The van der Waals surface area contributed by atoms with Gasteiger partial charge in [-0.25, -0.2) is 0 Å². The van der Waals surface area contributed by atoms with Crippen LogP contribution in [0.3, 0.4) is 0 Å². The van der Waals surface area contributed by atoms with Crippen LogP contribution < -0.4 is 14.8 Å². The van der Waals surface area contributed by atoms with Crippen molar-refractivity contribution in [2.75, 3.05) is 18.5 Å².